The number of aliphatic hydroxyl groups excluding tert-OH is 1. The van der Waals surface area contributed by atoms with Crippen molar-refractivity contribution in [3.8, 4) is 0 Å². The molecule has 0 saturated carbocycles. The highest BCUT2D eigenvalue weighted by Gasteiger charge is 2.15. The maximum absolute atomic E-state index is 10.5. The first-order valence-electron chi connectivity index (χ1n) is 5.51. The third-order valence-corrected chi connectivity index (χ3v) is 2.12. The molecule has 0 aromatic rings. The fourth-order valence-corrected chi connectivity index (χ4v) is 1.34. The lowest BCUT2D eigenvalue weighted by Crippen LogP contribution is -2.30. The molecule has 0 bridgehead atoms. The summed E-state index contributed by atoms with van der Waals surface area (Å²) in [6.45, 7) is 8.73. The Balaban J connectivity index is 3.75. The average molecular weight is 229 g/mol. The summed E-state index contributed by atoms with van der Waals surface area (Å²) < 4.78 is 0. The van der Waals surface area contributed by atoms with Gasteiger partial charge in [-0.05, 0) is 18.8 Å². The second kappa shape index (κ2) is 6.66. The van der Waals surface area contributed by atoms with Crippen molar-refractivity contribution in [2.75, 3.05) is 13.1 Å². The molecule has 94 valence electrons. The van der Waals surface area contributed by atoms with Crippen LogP contribution in [0.1, 0.15) is 34.1 Å². The number of hydrogen-bond donors (Lipinski definition) is 3. The van der Waals surface area contributed by atoms with Gasteiger partial charge < -0.3 is 15.5 Å². The van der Waals surface area contributed by atoms with Gasteiger partial charge in [-0.3, -0.25) is 0 Å². The van der Waals surface area contributed by atoms with Crippen LogP contribution < -0.4 is 5.32 Å². The van der Waals surface area contributed by atoms with E-state index >= 15 is 0 Å². The molecule has 0 aliphatic rings. The third kappa shape index (κ3) is 8.44. The molecule has 16 heavy (non-hydrogen) atoms. The van der Waals surface area contributed by atoms with E-state index in [9.17, 15) is 9.90 Å². The molecule has 0 aliphatic heterocycles. The normalized spacial score (nSPS) is 14.9. The predicted octanol–water partition coefficient (Wildman–Crippen LogP) is 1.40. The van der Waals surface area contributed by atoms with Crippen molar-refractivity contribution in [2.45, 2.75) is 40.2 Å². The molecule has 0 saturated heterocycles. The number of hydrogen-bond acceptors (Lipinski definition) is 3. The van der Waals surface area contributed by atoms with E-state index in [2.05, 4.69) is 26.1 Å². The smallest absolute Gasteiger partial charge is 0.330 e. The monoisotopic (exact) mass is 229 g/mol. The van der Waals surface area contributed by atoms with Gasteiger partial charge in [-0.1, -0.05) is 26.8 Å². The first kappa shape index (κ1) is 15.1. The number of rotatable bonds is 6. The molecule has 1 unspecified atom stereocenters. The van der Waals surface area contributed by atoms with Crippen molar-refractivity contribution in [3.63, 3.8) is 0 Å². The number of carboxylic acids is 1. The van der Waals surface area contributed by atoms with Crippen LogP contribution in [0.3, 0.4) is 0 Å². The minimum Gasteiger partial charge on any atom is -0.478 e. The summed E-state index contributed by atoms with van der Waals surface area (Å²) >= 11 is 0. The van der Waals surface area contributed by atoms with Crippen LogP contribution in [0.5, 0.6) is 0 Å². The fraction of sp³-hybridized carbons (Fsp3) is 0.750. The zero-order chi connectivity index (χ0) is 12.8. The average Bonchev–Trinajstić information content (AvgIpc) is 2.08. The van der Waals surface area contributed by atoms with Crippen LogP contribution in [-0.4, -0.2) is 35.4 Å². The lowest BCUT2D eigenvalue weighted by molar-refractivity contribution is -0.132. The molecule has 0 heterocycles. The van der Waals surface area contributed by atoms with Crippen LogP contribution >= 0.6 is 0 Å². The van der Waals surface area contributed by atoms with Gasteiger partial charge in [0.1, 0.15) is 0 Å². The highest BCUT2D eigenvalue weighted by Crippen LogP contribution is 2.20. The molecule has 1 atom stereocenters. The van der Waals surface area contributed by atoms with Crippen LogP contribution in [-0.2, 0) is 4.79 Å². The van der Waals surface area contributed by atoms with Gasteiger partial charge in [0.25, 0.3) is 0 Å². The number of carbonyl (C=O) groups is 1. The topological polar surface area (TPSA) is 69.6 Å². The van der Waals surface area contributed by atoms with E-state index < -0.39 is 12.1 Å². The Bertz CT molecular complexity index is 253. The highest BCUT2D eigenvalue weighted by atomic mass is 16.4. The molecular weight excluding hydrogens is 206 g/mol. The van der Waals surface area contributed by atoms with Crippen LogP contribution in [0.25, 0.3) is 0 Å². The number of aliphatic carboxylic acids is 1. The van der Waals surface area contributed by atoms with Crippen LogP contribution in [0, 0.1) is 5.41 Å². The molecule has 4 heteroatoms. The van der Waals surface area contributed by atoms with Crippen molar-refractivity contribution in [2.24, 2.45) is 5.41 Å². The van der Waals surface area contributed by atoms with Gasteiger partial charge in [0, 0.05) is 18.7 Å². The van der Waals surface area contributed by atoms with E-state index in [-0.39, 0.29) is 5.41 Å². The van der Waals surface area contributed by atoms with E-state index in [4.69, 9.17) is 5.11 Å². The standard InChI is InChI=1S/C12H23NO3/c1-9(11(15)16)5-6-13-8-10(14)7-12(2,3)4/h5,10,13-14H,6-8H2,1-4H3,(H,15,16). The maximum Gasteiger partial charge on any atom is 0.330 e. The Morgan fingerprint density at radius 2 is 2.00 bits per heavy atom. The number of nitrogens with one attached hydrogen (secondary N) is 1. The second-order valence-corrected chi connectivity index (χ2v) is 5.27. The minimum absolute atomic E-state index is 0.105. The molecule has 3 N–H and O–H groups in total. The Hall–Kier alpha value is -0.870. The molecule has 0 aromatic carbocycles. The Morgan fingerprint density at radius 3 is 2.44 bits per heavy atom. The minimum atomic E-state index is -0.906. The largest absolute Gasteiger partial charge is 0.478 e. The van der Waals surface area contributed by atoms with E-state index in [1.165, 1.54) is 0 Å². The van der Waals surface area contributed by atoms with E-state index in [1.54, 1.807) is 13.0 Å². The zero-order valence-electron chi connectivity index (χ0n) is 10.6. The molecule has 0 aliphatic carbocycles. The molecule has 0 fully saturated rings. The van der Waals surface area contributed by atoms with Crippen LogP contribution in [0.2, 0.25) is 0 Å². The summed E-state index contributed by atoms with van der Waals surface area (Å²) in [6.07, 6.45) is 1.94. The van der Waals surface area contributed by atoms with Crippen molar-refractivity contribution >= 4 is 5.97 Å². The zero-order valence-corrected chi connectivity index (χ0v) is 10.6. The first-order chi connectivity index (χ1) is 7.22. The van der Waals surface area contributed by atoms with E-state index in [0.717, 1.165) is 6.42 Å². The molecular formula is C12H23NO3. The molecule has 0 rings (SSSR count). The third-order valence-electron chi connectivity index (χ3n) is 2.12. The second-order valence-electron chi connectivity index (χ2n) is 5.27. The van der Waals surface area contributed by atoms with Gasteiger partial charge in [0.2, 0.25) is 0 Å². The van der Waals surface area contributed by atoms with Crippen molar-refractivity contribution in [1.29, 1.82) is 0 Å². The lowest BCUT2D eigenvalue weighted by Gasteiger charge is -2.22. The quantitative estimate of drug-likeness (QED) is 0.476. The van der Waals surface area contributed by atoms with Crippen LogP contribution in [0.15, 0.2) is 11.6 Å². The van der Waals surface area contributed by atoms with Crippen LogP contribution in [0.4, 0.5) is 0 Å². The fourth-order valence-electron chi connectivity index (χ4n) is 1.34. The van der Waals surface area contributed by atoms with Gasteiger partial charge >= 0.3 is 5.97 Å². The number of carboxylic acid groups (broad SMARTS) is 1. The molecule has 0 spiro atoms. The summed E-state index contributed by atoms with van der Waals surface area (Å²) in [7, 11) is 0. The highest BCUT2D eigenvalue weighted by molar-refractivity contribution is 5.85. The summed E-state index contributed by atoms with van der Waals surface area (Å²) in [4.78, 5) is 10.5. The Morgan fingerprint density at radius 1 is 1.44 bits per heavy atom. The SMILES string of the molecule is CC(=CCNCC(O)CC(C)(C)C)C(=O)O. The van der Waals surface area contributed by atoms with Gasteiger partial charge in [-0.25, -0.2) is 4.79 Å². The van der Waals surface area contributed by atoms with Gasteiger partial charge in [-0.2, -0.15) is 0 Å². The summed E-state index contributed by atoms with van der Waals surface area (Å²) in [6, 6.07) is 0. The van der Waals surface area contributed by atoms with Gasteiger partial charge in [-0.15, -0.1) is 0 Å². The lowest BCUT2D eigenvalue weighted by atomic mass is 9.89. The first-order valence-corrected chi connectivity index (χ1v) is 5.51. The van der Waals surface area contributed by atoms with E-state index in [1.807, 2.05) is 0 Å². The molecule has 0 aromatic heterocycles. The van der Waals surface area contributed by atoms with E-state index in [0.29, 0.717) is 18.7 Å². The summed E-state index contributed by atoms with van der Waals surface area (Å²) in [5, 5.41) is 21.3. The van der Waals surface area contributed by atoms with Crippen molar-refractivity contribution in [1.82, 2.24) is 5.32 Å². The summed E-state index contributed by atoms with van der Waals surface area (Å²) in [5.74, 6) is -0.906. The predicted molar refractivity (Wildman–Crippen MR) is 64.3 cm³/mol. The van der Waals surface area contributed by atoms with Gasteiger partial charge in [0.05, 0.1) is 6.10 Å². The molecule has 0 amide bonds. The Labute approximate surface area is 97.4 Å². The molecule has 0 radical (unpaired) electrons. The van der Waals surface area contributed by atoms with Crippen molar-refractivity contribution in [3.05, 3.63) is 11.6 Å². The van der Waals surface area contributed by atoms with Crippen molar-refractivity contribution < 1.29 is 15.0 Å². The number of aliphatic hydroxyl groups is 1. The molecule has 4 nitrogen and oxygen atoms in total. The Kier molecular flexibility index (Phi) is 6.29. The maximum atomic E-state index is 10.5. The summed E-state index contributed by atoms with van der Waals surface area (Å²) in [5.41, 5.74) is 0.422. The van der Waals surface area contributed by atoms with Gasteiger partial charge in [0.15, 0.2) is 0 Å².